The molecule has 0 bridgehead atoms. The van der Waals surface area contributed by atoms with Gasteiger partial charge in [-0.2, -0.15) is 0 Å². The second kappa shape index (κ2) is 4.19. The number of carboxylic acid groups (broad SMARTS) is 1. The van der Waals surface area contributed by atoms with Crippen LogP contribution in [0.3, 0.4) is 0 Å². The molecule has 1 atom stereocenters. The van der Waals surface area contributed by atoms with Gasteiger partial charge in [-0.25, -0.2) is 0 Å². The molecule has 74 valence electrons. The number of carbonyl (C=O) groups is 1. The Morgan fingerprint density at radius 1 is 1.36 bits per heavy atom. The summed E-state index contributed by atoms with van der Waals surface area (Å²) in [5.41, 5.74) is 0.336. The molecule has 0 aliphatic rings. The molecule has 0 spiro atoms. The molecule has 1 aromatic carbocycles. The molecule has 14 heavy (non-hydrogen) atoms. The van der Waals surface area contributed by atoms with Crippen LogP contribution in [0.25, 0.3) is 0 Å². The third-order valence-electron chi connectivity index (χ3n) is 1.60. The molecule has 0 N–H and O–H groups in total. The molecule has 6 heteroatoms. The minimum absolute atomic E-state index is 0.0770. The maximum Gasteiger partial charge on any atom is 0.269 e. The van der Waals surface area contributed by atoms with Gasteiger partial charge in [0.25, 0.3) is 5.69 Å². The fraction of sp³-hybridized carbons (Fsp3) is 0.125. The lowest BCUT2D eigenvalue weighted by atomic mass is 10.1. The fourth-order valence-electron chi connectivity index (χ4n) is 0.901. The Morgan fingerprint density at radius 3 is 2.21 bits per heavy atom. The highest BCUT2D eigenvalue weighted by Crippen LogP contribution is 2.23. The number of halogens is 1. The van der Waals surface area contributed by atoms with E-state index in [0.717, 1.165) is 0 Å². The first-order valence-corrected chi connectivity index (χ1v) is 4.53. The summed E-state index contributed by atoms with van der Waals surface area (Å²) in [5, 5.41) is 20.7. The van der Waals surface area contributed by atoms with E-state index in [-0.39, 0.29) is 5.69 Å². The quantitative estimate of drug-likeness (QED) is 0.456. The number of rotatable bonds is 3. The monoisotopic (exact) mass is 258 g/mol. The van der Waals surface area contributed by atoms with Crippen molar-refractivity contribution in [1.82, 2.24) is 0 Å². The number of carboxylic acids is 1. The number of nitro benzene ring substituents is 1. The summed E-state index contributed by atoms with van der Waals surface area (Å²) in [6.45, 7) is 0. The first-order valence-electron chi connectivity index (χ1n) is 3.61. The normalized spacial score (nSPS) is 12.1. The fourth-order valence-corrected chi connectivity index (χ4v) is 1.21. The highest BCUT2D eigenvalue weighted by molar-refractivity contribution is 9.09. The van der Waals surface area contributed by atoms with Crippen molar-refractivity contribution in [3.63, 3.8) is 0 Å². The maximum absolute atomic E-state index is 10.4. The number of nitro groups is 1. The molecule has 0 saturated carbocycles. The van der Waals surface area contributed by atoms with Crippen LogP contribution in [-0.4, -0.2) is 10.9 Å². The third kappa shape index (κ3) is 2.29. The van der Waals surface area contributed by atoms with Gasteiger partial charge in [-0.15, -0.1) is 0 Å². The Bertz CT molecular complexity index is 362. The van der Waals surface area contributed by atoms with Gasteiger partial charge in [0.1, 0.15) is 0 Å². The lowest BCUT2D eigenvalue weighted by Gasteiger charge is -2.09. The van der Waals surface area contributed by atoms with Crippen molar-refractivity contribution in [3.05, 3.63) is 39.9 Å². The van der Waals surface area contributed by atoms with Crippen LogP contribution in [0, 0.1) is 10.1 Å². The summed E-state index contributed by atoms with van der Waals surface area (Å²) in [6, 6.07) is 5.22. The van der Waals surface area contributed by atoms with Crippen molar-refractivity contribution in [2.45, 2.75) is 4.83 Å². The largest absolute Gasteiger partial charge is 0.549 e. The van der Waals surface area contributed by atoms with E-state index >= 15 is 0 Å². The van der Waals surface area contributed by atoms with E-state index < -0.39 is 15.7 Å². The summed E-state index contributed by atoms with van der Waals surface area (Å²) >= 11 is 2.88. The average molecular weight is 259 g/mol. The topological polar surface area (TPSA) is 83.3 Å². The summed E-state index contributed by atoms with van der Waals surface area (Å²) in [7, 11) is 0. The van der Waals surface area contributed by atoms with Crippen LogP contribution in [0.2, 0.25) is 0 Å². The molecule has 0 aliphatic heterocycles. The Kier molecular flexibility index (Phi) is 3.19. The molecular weight excluding hydrogens is 254 g/mol. The highest BCUT2D eigenvalue weighted by atomic mass is 79.9. The van der Waals surface area contributed by atoms with Crippen LogP contribution in [-0.2, 0) is 4.79 Å². The number of carbonyl (C=O) groups excluding carboxylic acids is 1. The van der Waals surface area contributed by atoms with Gasteiger partial charge in [-0.05, 0) is 5.56 Å². The number of benzene rings is 1. The molecule has 0 saturated heterocycles. The smallest absolute Gasteiger partial charge is 0.269 e. The highest BCUT2D eigenvalue weighted by Gasteiger charge is 2.10. The standard InChI is InChI=1S/C8H6BrNO4/c9-7(8(11)12)5-1-3-6(4-2-5)10(13)14/h1-4,7H,(H,11,12)/p-1. The van der Waals surface area contributed by atoms with Gasteiger partial charge < -0.3 is 9.90 Å². The summed E-state index contributed by atoms with van der Waals surface area (Å²) in [4.78, 5) is 19.2. The summed E-state index contributed by atoms with van der Waals surface area (Å²) < 4.78 is 0. The zero-order valence-corrected chi connectivity index (χ0v) is 8.43. The summed E-state index contributed by atoms with van der Waals surface area (Å²) in [5.74, 6) is -1.28. The van der Waals surface area contributed by atoms with E-state index in [2.05, 4.69) is 15.9 Å². The van der Waals surface area contributed by atoms with E-state index in [4.69, 9.17) is 0 Å². The van der Waals surface area contributed by atoms with Crippen molar-refractivity contribution < 1.29 is 14.8 Å². The van der Waals surface area contributed by atoms with Crippen molar-refractivity contribution in [2.24, 2.45) is 0 Å². The Morgan fingerprint density at radius 2 is 1.86 bits per heavy atom. The molecule has 1 unspecified atom stereocenters. The molecule has 0 heterocycles. The number of alkyl halides is 1. The second-order valence-corrected chi connectivity index (χ2v) is 3.45. The Labute approximate surface area is 87.6 Å². The number of hydrogen-bond donors (Lipinski definition) is 0. The number of non-ortho nitro benzene ring substituents is 1. The second-order valence-electron chi connectivity index (χ2n) is 2.53. The van der Waals surface area contributed by atoms with Crippen molar-refractivity contribution in [2.75, 3.05) is 0 Å². The van der Waals surface area contributed by atoms with Gasteiger partial charge in [0, 0.05) is 12.1 Å². The minimum Gasteiger partial charge on any atom is -0.549 e. The molecular formula is C8H5BrNO4-. The van der Waals surface area contributed by atoms with E-state index in [1.54, 1.807) is 0 Å². The van der Waals surface area contributed by atoms with E-state index in [1.165, 1.54) is 24.3 Å². The maximum atomic E-state index is 10.4. The zero-order chi connectivity index (χ0) is 10.7. The van der Waals surface area contributed by atoms with Gasteiger partial charge in [0.15, 0.2) is 0 Å². The Balaban J connectivity index is 2.94. The molecule has 0 amide bonds. The third-order valence-corrected chi connectivity index (χ3v) is 2.51. The molecule has 5 nitrogen and oxygen atoms in total. The van der Waals surface area contributed by atoms with E-state index in [9.17, 15) is 20.0 Å². The number of nitrogens with zero attached hydrogens (tertiary/aromatic N) is 1. The zero-order valence-electron chi connectivity index (χ0n) is 6.84. The van der Waals surface area contributed by atoms with Gasteiger partial charge in [0.05, 0.1) is 15.7 Å². The molecule has 0 fully saturated rings. The van der Waals surface area contributed by atoms with Gasteiger partial charge in [0.2, 0.25) is 0 Å². The van der Waals surface area contributed by atoms with Gasteiger partial charge in [-0.1, -0.05) is 28.1 Å². The van der Waals surface area contributed by atoms with Crippen LogP contribution in [0.1, 0.15) is 10.4 Å². The molecule has 1 aromatic rings. The van der Waals surface area contributed by atoms with Gasteiger partial charge >= 0.3 is 0 Å². The van der Waals surface area contributed by atoms with Crippen LogP contribution in [0.15, 0.2) is 24.3 Å². The number of aliphatic carboxylic acids is 1. The minimum atomic E-state index is -1.28. The molecule has 0 radical (unpaired) electrons. The van der Waals surface area contributed by atoms with Crippen molar-refractivity contribution in [1.29, 1.82) is 0 Å². The van der Waals surface area contributed by atoms with Crippen molar-refractivity contribution >= 4 is 27.6 Å². The van der Waals surface area contributed by atoms with Crippen LogP contribution >= 0.6 is 15.9 Å². The first kappa shape index (κ1) is 10.6. The first-order chi connectivity index (χ1) is 6.52. The Hall–Kier alpha value is -1.43. The van der Waals surface area contributed by atoms with Gasteiger partial charge in [-0.3, -0.25) is 10.1 Å². The van der Waals surface area contributed by atoms with Crippen molar-refractivity contribution in [3.8, 4) is 0 Å². The lowest BCUT2D eigenvalue weighted by molar-refractivity contribution is -0.384. The molecule has 0 aliphatic carbocycles. The van der Waals surface area contributed by atoms with E-state index in [0.29, 0.717) is 5.56 Å². The van der Waals surface area contributed by atoms with E-state index in [1.807, 2.05) is 0 Å². The lowest BCUT2D eigenvalue weighted by Crippen LogP contribution is -2.26. The van der Waals surface area contributed by atoms with Crippen LogP contribution in [0.4, 0.5) is 5.69 Å². The predicted molar refractivity (Wildman–Crippen MR) is 49.8 cm³/mol. The van der Waals surface area contributed by atoms with Crippen LogP contribution in [0.5, 0.6) is 0 Å². The average Bonchev–Trinajstić information content (AvgIpc) is 2.16. The molecule has 1 rings (SSSR count). The number of hydrogen-bond acceptors (Lipinski definition) is 4. The van der Waals surface area contributed by atoms with Crippen LogP contribution < -0.4 is 5.11 Å². The molecule has 0 aromatic heterocycles. The summed E-state index contributed by atoms with van der Waals surface area (Å²) in [6.07, 6.45) is 0. The SMILES string of the molecule is O=C([O-])C(Br)c1ccc([N+](=O)[O-])cc1. The predicted octanol–water partition coefficient (Wildman–Crippen LogP) is 0.781.